The van der Waals surface area contributed by atoms with E-state index in [4.69, 9.17) is 16.3 Å². The highest BCUT2D eigenvalue weighted by atomic mass is 35.5. The number of amides is 2. The van der Waals surface area contributed by atoms with Crippen LogP contribution in [0.3, 0.4) is 0 Å². The van der Waals surface area contributed by atoms with Gasteiger partial charge in [0.15, 0.2) is 0 Å². The molecule has 1 saturated heterocycles. The molecule has 2 aromatic carbocycles. The van der Waals surface area contributed by atoms with Crippen molar-refractivity contribution in [2.24, 2.45) is 5.92 Å². The summed E-state index contributed by atoms with van der Waals surface area (Å²) in [5, 5.41) is 3.40. The number of nitrogens with one attached hydrogen (secondary N) is 1. The molecule has 2 amide bonds. The van der Waals surface area contributed by atoms with Crippen molar-refractivity contribution >= 4 is 34.8 Å². The van der Waals surface area contributed by atoms with Crippen molar-refractivity contribution in [3.63, 3.8) is 0 Å². The molecule has 0 aliphatic carbocycles. The number of methoxy groups -OCH3 is 1. The fourth-order valence-electron chi connectivity index (χ4n) is 3.43. The molecule has 0 aromatic heterocycles. The van der Waals surface area contributed by atoms with E-state index >= 15 is 0 Å². The van der Waals surface area contributed by atoms with E-state index in [1.807, 2.05) is 51.1 Å². The molecule has 3 rings (SSSR count). The predicted octanol–water partition coefficient (Wildman–Crippen LogP) is 4.27. The van der Waals surface area contributed by atoms with Gasteiger partial charge in [-0.3, -0.25) is 9.59 Å². The topological polar surface area (TPSA) is 58.6 Å². The van der Waals surface area contributed by atoms with E-state index in [9.17, 15) is 9.59 Å². The zero-order chi connectivity index (χ0) is 19.7. The number of anilines is 2. The van der Waals surface area contributed by atoms with Crippen LogP contribution in [0.25, 0.3) is 0 Å². The summed E-state index contributed by atoms with van der Waals surface area (Å²) in [6.07, 6.45) is 0.158. The second-order valence-corrected chi connectivity index (χ2v) is 7.42. The fourth-order valence-corrected chi connectivity index (χ4v) is 3.79. The smallest absolute Gasteiger partial charge is 0.229 e. The second kappa shape index (κ2) is 7.61. The fraction of sp³-hybridized carbons (Fsp3) is 0.333. The number of carbonyl (C=O) groups excluding carboxylic acids is 2. The Morgan fingerprint density at radius 1 is 1.19 bits per heavy atom. The first-order valence-corrected chi connectivity index (χ1v) is 9.20. The minimum atomic E-state index is -0.445. The van der Waals surface area contributed by atoms with Crippen LogP contribution in [0, 0.1) is 26.7 Å². The molecule has 27 heavy (non-hydrogen) atoms. The lowest BCUT2D eigenvalue weighted by molar-refractivity contribution is -0.122. The molecule has 1 atom stereocenters. The van der Waals surface area contributed by atoms with Gasteiger partial charge in [0, 0.05) is 13.0 Å². The third kappa shape index (κ3) is 3.93. The summed E-state index contributed by atoms with van der Waals surface area (Å²) in [7, 11) is 1.57. The number of rotatable bonds is 4. The van der Waals surface area contributed by atoms with Gasteiger partial charge in [-0.25, -0.2) is 0 Å². The van der Waals surface area contributed by atoms with Gasteiger partial charge in [-0.2, -0.15) is 0 Å². The molecule has 1 fully saturated rings. The van der Waals surface area contributed by atoms with E-state index in [-0.39, 0.29) is 18.2 Å². The zero-order valence-electron chi connectivity index (χ0n) is 15.9. The number of benzene rings is 2. The Hall–Kier alpha value is -2.53. The third-order valence-corrected chi connectivity index (χ3v) is 5.10. The van der Waals surface area contributed by atoms with E-state index in [0.29, 0.717) is 28.7 Å². The van der Waals surface area contributed by atoms with Gasteiger partial charge in [-0.05, 0) is 55.7 Å². The maximum atomic E-state index is 12.8. The minimum absolute atomic E-state index is 0.0919. The van der Waals surface area contributed by atoms with Gasteiger partial charge in [0.1, 0.15) is 5.75 Å². The Morgan fingerprint density at radius 3 is 2.59 bits per heavy atom. The molecule has 0 bridgehead atoms. The maximum Gasteiger partial charge on any atom is 0.229 e. The summed E-state index contributed by atoms with van der Waals surface area (Å²) < 4.78 is 5.38. The van der Waals surface area contributed by atoms with Crippen molar-refractivity contribution in [2.45, 2.75) is 27.2 Å². The number of nitrogens with zero attached hydrogens (tertiary/aromatic N) is 1. The van der Waals surface area contributed by atoms with Gasteiger partial charge >= 0.3 is 0 Å². The van der Waals surface area contributed by atoms with Crippen LogP contribution in [0.2, 0.25) is 5.02 Å². The largest absolute Gasteiger partial charge is 0.495 e. The summed E-state index contributed by atoms with van der Waals surface area (Å²) in [6, 6.07) is 9.44. The second-order valence-electron chi connectivity index (χ2n) is 7.01. The van der Waals surface area contributed by atoms with Gasteiger partial charge in [0.05, 0.1) is 29.4 Å². The molecular formula is C21H23ClN2O3. The summed E-state index contributed by atoms with van der Waals surface area (Å²) >= 11 is 6.29. The molecule has 6 heteroatoms. The number of hydrogen-bond donors (Lipinski definition) is 1. The van der Waals surface area contributed by atoms with Crippen LogP contribution in [0.5, 0.6) is 5.75 Å². The Kier molecular flexibility index (Phi) is 5.42. The number of aryl methyl sites for hydroxylation is 3. The lowest BCUT2D eigenvalue weighted by atomic mass is 10.1. The number of carbonyl (C=O) groups is 2. The van der Waals surface area contributed by atoms with Crippen molar-refractivity contribution in [3.8, 4) is 5.75 Å². The van der Waals surface area contributed by atoms with Crippen molar-refractivity contribution in [1.82, 2.24) is 0 Å². The molecule has 142 valence electrons. The summed E-state index contributed by atoms with van der Waals surface area (Å²) in [5.41, 5.74) is 4.25. The van der Waals surface area contributed by atoms with Crippen molar-refractivity contribution in [1.29, 1.82) is 0 Å². The molecule has 1 N–H and O–H groups in total. The van der Waals surface area contributed by atoms with Crippen LogP contribution in [-0.2, 0) is 9.59 Å². The van der Waals surface area contributed by atoms with Crippen LogP contribution in [0.15, 0.2) is 30.3 Å². The third-order valence-electron chi connectivity index (χ3n) is 4.80. The van der Waals surface area contributed by atoms with Crippen molar-refractivity contribution in [2.75, 3.05) is 23.9 Å². The normalized spacial score (nSPS) is 16.6. The Balaban J connectivity index is 1.80. The van der Waals surface area contributed by atoms with Gasteiger partial charge < -0.3 is 15.0 Å². The van der Waals surface area contributed by atoms with Crippen LogP contribution in [0.4, 0.5) is 11.4 Å². The monoisotopic (exact) mass is 386 g/mol. The van der Waals surface area contributed by atoms with Crippen molar-refractivity contribution < 1.29 is 14.3 Å². The summed E-state index contributed by atoms with van der Waals surface area (Å²) in [4.78, 5) is 27.0. The standard InChI is InChI=1S/C21H23ClN2O3/c1-12-5-6-18(27-4)17(9-12)24-11-15(10-19(24)25)21(26)23-20-14(3)7-13(2)8-16(20)22/h5-9,15H,10-11H2,1-4H3,(H,23,26). The van der Waals surface area contributed by atoms with E-state index in [0.717, 1.165) is 16.7 Å². The van der Waals surface area contributed by atoms with Gasteiger partial charge in [-0.1, -0.05) is 23.7 Å². The van der Waals surface area contributed by atoms with Gasteiger partial charge in [0.2, 0.25) is 11.8 Å². The van der Waals surface area contributed by atoms with Crippen LogP contribution in [-0.4, -0.2) is 25.5 Å². The molecule has 1 heterocycles. The lowest BCUT2D eigenvalue weighted by Crippen LogP contribution is -2.28. The van der Waals surface area contributed by atoms with E-state index in [1.165, 1.54) is 0 Å². The average Bonchev–Trinajstić information content (AvgIpc) is 2.99. The highest BCUT2D eigenvalue weighted by Gasteiger charge is 2.36. The molecular weight excluding hydrogens is 364 g/mol. The first-order chi connectivity index (χ1) is 12.8. The molecule has 0 saturated carbocycles. The zero-order valence-corrected chi connectivity index (χ0v) is 16.7. The Labute approximate surface area is 164 Å². The molecule has 5 nitrogen and oxygen atoms in total. The summed E-state index contributed by atoms with van der Waals surface area (Å²) in [6.45, 7) is 6.12. The predicted molar refractivity (Wildman–Crippen MR) is 108 cm³/mol. The molecule has 1 aliphatic rings. The lowest BCUT2D eigenvalue weighted by Gasteiger charge is -2.20. The summed E-state index contributed by atoms with van der Waals surface area (Å²) in [5.74, 6) is -0.121. The first-order valence-electron chi connectivity index (χ1n) is 8.82. The highest BCUT2D eigenvalue weighted by molar-refractivity contribution is 6.34. The maximum absolute atomic E-state index is 12.8. The van der Waals surface area contributed by atoms with Gasteiger partial charge in [-0.15, -0.1) is 0 Å². The molecule has 0 spiro atoms. The van der Waals surface area contributed by atoms with Gasteiger partial charge in [0.25, 0.3) is 0 Å². The highest BCUT2D eigenvalue weighted by Crippen LogP contribution is 2.35. The van der Waals surface area contributed by atoms with E-state index < -0.39 is 5.92 Å². The quantitative estimate of drug-likeness (QED) is 0.853. The molecule has 1 unspecified atom stereocenters. The minimum Gasteiger partial charge on any atom is -0.495 e. The van der Waals surface area contributed by atoms with E-state index in [2.05, 4.69) is 5.32 Å². The Morgan fingerprint density at radius 2 is 1.93 bits per heavy atom. The van der Waals surface area contributed by atoms with Crippen LogP contribution >= 0.6 is 11.6 Å². The Bertz CT molecular complexity index is 887. The van der Waals surface area contributed by atoms with Crippen molar-refractivity contribution in [3.05, 3.63) is 52.0 Å². The SMILES string of the molecule is COc1ccc(C)cc1N1CC(C(=O)Nc2c(C)cc(C)cc2Cl)CC1=O. The molecule has 1 aliphatic heterocycles. The molecule has 2 aromatic rings. The number of ether oxygens (including phenoxy) is 1. The first kappa shape index (κ1) is 19.2. The van der Waals surface area contributed by atoms with Crippen LogP contribution in [0.1, 0.15) is 23.1 Å². The molecule has 0 radical (unpaired) electrons. The average molecular weight is 387 g/mol. The number of halogens is 1. The number of hydrogen-bond acceptors (Lipinski definition) is 3. The van der Waals surface area contributed by atoms with E-state index in [1.54, 1.807) is 12.0 Å². The van der Waals surface area contributed by atoms with Crippen LogP contribution < -0.4 is 15.0 Å².